The summed E-state index contributed by atoms with van der Waals surface area (Å²) in [6.45, 7) is 0.871. The second-order valence-corrected chi connectivity index (χ2v) is 6.16. The lowest BCUT2D eigenvalue weighted by atomic mass is 9.75. The summed E-state index contributed by atoms with van der Waals surface area (Å²) in [5, 5.41) is 9.85. The first-order valence-electron chi connectivity index (χ1n) is 7.80. The van der Waals surface area contributed by atoms with E-state index >= 15 is 0 Å². The van der Waals surface area contributed by atoms with E-state index in [9.17, 15) is 14.3 Å². The molecule has 1 aromatic carbocycles. The molecule has 0 radical (unpaired) electrons. The lowest BCUT2D eigenvalue weighted by Crippen LogP contribution is -2.49. The third-order valence-electron chi connectivity index (χ3n) is 4.46. The fourth-order valence-electron chi connectivity index (χ4n) is 3.22. The fraction of sp³-hybridized carbons (Fsp3) is 0.353. The third-order valence-corrected chi connectivity index (χ3v) is 4.46. The van der Waals surface area contributed by atoms with Gasteiger partial charge in [-0.15, -0.1) is 0 Å². The van der Waals surface area contributed by atoms with Gasteiger partial charge < -0.3 is 15.7 Å². The molecule has 126 valence electrons. The molecule has 0 unspecified atom stereocenters. The number of hydrogen-bond acceptors (Lipinski definition) is 5. The van der Waals surface area contributed by atoms with Crippen molar-refractivity contribution in [2.24, 2.45) is 5.41 Å². The number of rotatable bonds is 4. The van der Waals surface area contributed by atoms with Crippen molar-refractivity contribution < 1.29 is 14.3 Å². The van der Waals surface area contributed by atoms with E-state index < -0.39 is 11.4 Å². The van der Waals surface area contributed by atoms with E-state index in [1.807, 2.05) is 4.90 Å². The van der Waals surface area contributed by atoms with E-state index in [-0.39, 0.29) is 18.8 Å². The number of nitrogen functional groups attached to an aromatic ring is 1. The van der Waals surface area contributed by atoms with Gasteiger partial charge in [-0.05, 0) is 37.0 Å². The molecule has 1 aromatic heterocycles. The highest BCUT2D eigenvalue weighted by Gasteiger charge is 2.43. The first-order valence-corrected chi connectivity index (χ1v) is 7.80. The van der Waals surface area contributed by atoms with Crippen molar-refractivity contribution in [2.45, 2.75) is 19.3 Å². The number of anilines is 2. The van der Waals surface area contributed by atoms with Crippen LogP contribution in [0, 0.1) is 11.2 Å². The van der Waals surface area contributed by atoms with Gasteiger partial charge in [-0.1, -0.05) is 18.2 Å². The number of carboxylic acid groups (broad SMARTS) is 1. The van der Waals surface area contributed by atoms with Crippen LogP contribution < -0.4 is 10.6 Å². The Morgan fingerprint density at radius 2 is 2.17 bits per heavy atom. The number of nitrogens with zero attached hydrogens (tertiary/aromatic N) is 3. The highest BCUT2D eigenvalue weighted by molar-refractivity contribution is 5.76. The molecule has 0 bridgehead atoms. The molecular weight excluding hydrogens is 311 g/mol. The van der Waals surface area contributed by atoms with Gasteiger partial charge in [0.15, 0.2) is 0 Å². The number of carbonyl (C=O) groups is 1. The Hall–Kier alpha value is -2.70. The number of piperidine rings is 1. The maximum atomic E-state index is 14.0. The van der Waals surface area contributed by atoms with Crippen LogP contribution in [0.25, 0.3) is 0 Å². The molecule has 0 aliphatic carbocycles. The normalized spacial score (nSPS) is 20.8. The fourth-order valence-corrected chi connectivity index (χ4v) is 3.22. The van der Waals surface area contributed by atoms with Gasteiger partial charge in [0.1, 0.15) is 11.6 Å². The zero-order valence-corrected chi connectivity index (χ0v) is 13.2. The zero-order chi connectivity index (χ0) is 17.2. The number of benzene rings is 1. The quantitative estimate of drug-likeness (QED) is 0.892. The highest BCUT2D eigenvalue weighted by Crippen LogP contribution is 2.36. The van der Waals surface area contributed by atoms with E-state index in [1.165, 1.54) is 6.07 Å². The smallest absolute Gasteiger partial charge is 0.311 e. The van der Waals surface area contributed by atoms with Crippen molar-refractivity contribution in [2.75, 3.05) is 23.7 Å². The van der Waals surface area contributed by atoms with Gasteiger partial charge >= 0.3 is 5.97 Å². The van der Waals surface area contributed by atoms with Crippen LogP contribution in [0.5, 0.6) is 0 Å². The van der Waals surface area contributed by atoms with Crippen molar-refractivity contribution in [1.29, 1.82) is 0 Å². The van der Waals surface area contributed by atoms with Crippen molar-refractivity contribution in [3.63, 3.8) is 0 Å². The minimum absolute atomic E-state index is 0.133. The second-order valence-electron chi connectivity index (χ2n) is 6.16. The number of aliphatic carboxylic acids is 1. The van der Waals surface area contributed by atoms with Crippen molar-refractivity contribution >= 4 is 17.7 Å². The molecule has 0 amide bonds. The molecular formula is C17H19FN4O2. The monoisotopic (exact) mass is 330 g/mol. The van der Waals surface area contributed by atoms with Gasteiger partial charge in [0.05, 0.1) is 5.41 Å². The average molecular weight is 330 g/mol. The van der Waals surface area contributed by atoms with Gasteiger partial charge in [-0.25, -0.2) is 9.37 Å². The minimum Gasteiger partial charge on any atom is -0.481 e. The van der Waals surface area contributed by atoms with E-state index in [0.29, 0.717) is 36.7 Å². The van der Waals surface area contributed by atoms with Gasteiger partial charge in [-0.2, -0.15) is 4.98 Å². The molecule has 3 rings (SSSR count). The van der Waals surface area contributed by atoms with Crippen molar-refractivity contribution in [3.05, 3.63) is 47.9 Å². The predicted octanol–water partition coefficient (Wildman–Crippen LogP) is 2.11. The Balaban J connectivity index is 1.90. The van der Waals surface area contributed by atoms with Crippen LogP contribution >= 0.6 is 0 Å². The number of nitrogens with two attached hydrogens (primary N) is 1. The number of hydrogen-bond donors (Lipinski definition) is 2. The van der Waals surface area contributed by atoms with Gasteiger partial charge in [-0.3, -0.25) is 4.79 Å². The Morgan fingerprint density at radius 1 is 1.38 bits per heavy atom. The van der Waals surface area contributed by atoms with E-state index in [2.05, 4.69) is 9.97 Å². The molecule has 1 aliphatic rings. The second kappa shape index (κ2) is 6.43. The maximum absolute atomic E-state index is 14.0. The standard InChI is InChI=1S/C17H19FN4O2/c18-13-5-2-1-4-12(13)10-17(15(23)24)7-3-9-22(11-17)16-20-8-6-14(19)21-16/h1-2,4-6,8H,3,7,9-11H2,(H,23,24)(H2,19,20,21)/t17-/m0/s1. The lowest BCUT2D eigenvalue weighted by molar-refractivity contribution is -0.149. The molecule has 1 fully saturated rings. The van der Waals surface area contributed by atoms with Gasteiger partial charge in [0.2, 0.25) is 5.95 Å². The summed E-state index contributed by atoms with van der Waals surface area (Å²) >= 11 is 0. The predicted molar refractivity (Wildman–Crippen MR) is 88.1 cm³/mol. The summed E-state index contributed by atoms with van der Waals surface area (Å²) < 4.78 is 14.0. The van der Waals surface area contributed by atoms with Crippen molar-refractivity contribution in [3.8, 4) is 0 Å². The topological polar surface area (TPSA) is 92.3 Å². The molecule has 7 heteroatoms. The van der Waals surface area contributed by atoms with E-state index in [1.54, 1.807) is 30.5 Å². The van der Waals surface area contributed by atoms with Crippen LogP contribution in [0.3, 0.4) is 0 Å². The molecule has 0 saturated carbocycles. The molecule has 2 aromatic rings. The lowest BCUT2D eigenvalue weighted by Gasteiger charge is -2.40. The molecule has 1 saturated heterocycles. The van der Waals surface area contributed by atoms with Gasteiger partial charge in [0.25, 0.3) is 0 Å². The summed E-state index contributed by atoms with van der Waals surface area (Å²) in [6.07, 6.45) is 2.83. The molecule has 24 heavy (non-hydrogen) atoms. The Morgan fingerprint density at radius 3 is 2.88 bits per heavy atom. The first kappa shape index (κ1) is 16.2. The first-order chi connectivity index (χ1) is 11.5. The van der Waals surface area contributed by atoms with Crippen LogP contribution in [-0.4, -0.2) is 34.1 Å². The maximum Gasteiger partial charge on any atom is 0.311 e. The summed E-state index contributed by atoms with van der Waals surface area (Å²) in [5.41, 5.74) is 5.03. The van der Waals surface area contributed by atoms with Crippen LogP contribution in [-0.2, 0) is 11.2 Å². The number of halogens is 1. The van der Waals surface area contributed by atoms with Crippen LogP contribution in [0.2, 0.25) is 0 Å². The van der Waals surface area contributed by atoms with Crippen LogP contribution in [0.4, 0.5) is 16.2 Å². The minimum atomic E-state index is -1.07. The van der Waals surface area contributed by atoms with Crippen molar-refractivity contribution in [1.82, 2.24) is 9.97 Å². The van der Waals surface area contributed by atoms with Crippen LogP contribution in [0.15, 0.2) is 36.5 Å². The zero-order valence-electron chi connectivity index (χ0n) is 13.2. The molecule has 6 nitrogen and oxygen atoms in total. The Bertz CT molecular complexity index is 755. The van der Waals surface area contributed by atoms with Gasteiger partial charge in [0, 0.05) is 19.3 Å². The summed E-state index contributed by atoms with van der Waals surface area (Å²) in [6, 6.07) is 7.88. The molecule has 1 atom stereocenters. The SMILES string of the molecule is Nc1ccnc(N2CCC[C@@](Cc3ccccc3F)(C(=O)O)C2)n1. The Labute approximate surface area is 139 Å². The third kappa shape index (κ3) is 3.15. The Kier molecular flexibility index (Phi) is 4.33. The molecule has 0 spiro atoms. The van der Waals surface area contributed by atoms with E-state index in [0.717, 1.165) is 0 Å². The number of carboxylic acids is 1. The molecule has 2 heterocycles. The summed E-state index contributed by atoms with van der Waals surface area (Å²) in [4.78, 5) is 22.2. The van der Waals surface area contributed by atoms with E-state index in [4.69, 9.17) is 5.73 Å². The molecule has 3 N–H and O–H groups in total. The van der Waals surface area contributed by atoms with Crippen LogP contribution in [0.1, 0.15) is 18.4 Å². The largest absolute Gasteiger partial charge is 0.481 e. The number of aromatic nitrogens is 2. The summed E-state index contributed by atoms with van der Waals surface area (Å²) in [5.74, 6) is -0.565. The molecule has 1 aliphatic heterocycles. The summed E-state index contributed by atoms with van der Waals surface area (Å²) in [7, 11) is 0. The highest BCUT2D eigenvalue weighted by atomic mass is 19.1. The average Bonchev–Trinajstić information content (AvgIpc) is 2.57.